The van der Waals surface area contributed by atoms with Gasteiger partial charge in [-0.05, 0) is 43.4 Å². The van der Waals surface area contributed by atoms with Crippen LogP contribution in [0.5, 0.6) is 0 Å². The lowest BCUT2D eigenvalue weighted by atomic mass is 9.95. The molecule has 2 N–H and O–H groups in total. The average molecular weight is 344 g/mol. The highest BCUT2D eigenvalue weighted by Crippen LogP contribution is 2.30. The number of benzene rings is 1. The van der Waals surface area contributed by atoms with Crippen molar-refractivity contribution in [2.75, 3.05) is 5.32 Å². The predicted octanol–water partition coefficient (Wildman–Crippen LogP) is 4.76. The van der Waals surface area contributed by atoms with E-state index in [0.717, 1.165) is 6.42 Å². The molecule has 0 aliphatic heterocycles. The quantitative estimate of drug-likeness (QED) is 0.781. The molecule has 0 radical (unpaired) electrons. The molecule has 0 bridgehead atoms. The van der Waals surface area contributed by atoms with Crippen LogP contribution in [0, 0.1) is 11.3 Å². The van der Waals surface area contributed by atoms with Crippen molar-refractivity contribution in [2.24, 2.45) is 11.3 Å². The molecule has 1 aliphatic carbocycles. The van der Waals surface area contributed by atoms with E-state index < -0.39 is 5.41 Å². The highest BCUT2D eigenvalue weighted by atomic mass is 16.2. The topological polar surface area (TPSA) is 58.2 Å². The van der Waals surface area contributed by atoms with Gasteiger partial charge in [0, 0.05) is 22.7 Å². The van der Waals surface area contributed by atoms with Crippen molar-refractivity contribution in [1.82, 2.24) is 5.32 Å². The third-order valence-electron chi connectivity index (χ3n) is 4.97. The molecule has 0 heterocycles. The average Bonchev–Trinajstić information content (AvgIpc) is 2.99. The fourth-order valence-electron chi connectivity index (χ4n) is 3.35. The van der Waals surface area contributed by atoms with Gasteiger partial charge in [0.1, 0.15) is 0 Å². The molecule has 4 heteroatoms. The Morgan fingerprint density at radius 1 is 1.20 bits per heavy atom. The summed E-state index contributed by atoms with van der Waals surface area (Å²) in [6, 6.07) is 7.48. The Bertz CT molecular complexity index is 604. The van der Waals surface area contributed by atoms with Gasteiger partial charge in [0.2, 0.25) is 5.91 Å². The van der Waals surface area contributed by atoms with E-state index in [1.807, 2.05) is 32.9 Å². The first-order valence-corrected chi connectivity index (χ1v) is 9.53. The van der Waals surface area contributed by atoms with Gasteiger partial charge >= 0.3 is 0 Å². The van der Waals surface area contributed by atoms with Gasteiger partial charge in [0.05, 0.1) is 0 Å². The van der Waals surface area contributed by atoms with Crippen molar-refractivity contribution in [1.29, 1.82) is 0 Å². The summed E-state index contributed by atoms with van der Waals surface area (Å²) in [7, 11) is 0. The van der Waals surface area contributed by atoms with E-state index in [1.165, 1.54) is 32.1 Å². The number of carbonyl (C=O) groups excluding carboxylic acids is 2. The van der Waals surface area contributed by atoms with Crippen molar-refractivity contribution in [2.45, 2.75) is 72.3 Å². The Hall–Kier alpha value is -1.84. The Kier molecular flexibility index (Phi) is 6.63. The zero-order valence-corrected chi connectivity index (χ0v) is 16.0. The summed E-state index contributed by atoms with van der Waals surface area (Å²) in [4.78, 5) is 24.8. The first-order chi connectivity index (χ1) is 11.8. The third kappa shape index (κ3) is 5.58. The van der Waals surface area contributed by atoms with Crippen LogP contribution in [-0.4, -0.2) is 17.9 Å². The van der Waals surface area contributed by atoms with Gasteiger partial charge in [0.25, 0.3) is 5.91 Å². The van der Waals surface area contributed by atoms with Crippen LogP contribution in [0.3, 0.4) is 0 Å². The van der Waals surface area contributed by atoms with Crippen molar-refractivity contribution < 1.29 is 9.59 Å². The molecule has 1 aliphatic rings. The Morgan fingerprint density at radius 3 is 2.64 bits per heavy atom. The van der Waals surface area contributed by atoms with Crippen LogP contribution in [0.1, 0.15) is 76.6 Å². The van der Waals surface area contributed by atoms with Crippen LogP contribution in [0.4, 0.5) is 5.69 Å². The second-order valence-electron chi connectivity index (χ2n) is 8.20. The maximum Gasteiger partial charge on any atom is 0.251 e. The summed E-state index contributed by atoms with van der Waals surface area (Å²) < 4.78 is 0. The van der Waals surface area contributed by atoms with Crippen LogP contribution in [0.25, 0.3) is 0 Å². The van der Waals surface area contributed by atoms with E-state index in [0.29, 0.717) is 17.2 Å². The van der Waals surface area contributed by atoms with E-state index in [2.05, 4.69) is 17.6 Å². The summed E-state index contributed by atoms with van der Waals surface area (Å²) in [5.41, 5.74) is 0.809. The largest absolute Gasteiger partial charge is 0.349 e. The van der Waals surface area contributed by atoms with Gasteiger partial charge in [0.15, 0.2) is 0 Å². The summed E-state index contributed by atoms with van der Waals surface area (Å²) >= 11 is 0. The first kappa shape index (κ1) is 19.5. The highest BCUT2D eigenvalue weighted by Gasteiger charge is 2.28. The highest BCUT2D eigenvalue weighted by molar-refractivity contribution is 5.98. The fraction of sp³-hybridized carbons (Fsp3) is 0.619. The zero-order chi connectivity index (χ0) is 18.4. The molecule has 25 heavy (non-hydrogen) atoms. The normalized spacial score (nSPS) is 20.3. The van der Waals surface area contributed by atoms with Gasteiger partial charge in [-0.25, -0.2) is 0 Å². The minimum atomic E-state index is -0.464. The lowest BCUT2D eigenvalue weighted by Crippen LogP contribution is -2.37. The summed E-state index contributed by atoms with van der Waals surface area (Å²) in [5, 5.41) is 6.10. The fourth-order valence-corrected chi connectivity index (χ4v) is 3.35. The maximum atomic E-state index is 12.6. The van der Waals surface area contributed by atoms with Crippen molar-refractivity contribution in [3.8, 4) is 0 Å². The third-order valence-corrected chi connectivity index (χ3v) is 4.97. The predicted molar refractivity (Wildman–Crippen MR) is 103 cm³/mol. The lowest BCUT2D eigenvalue weighted by molar-refractivity contribution is -0.123. The second-order valence-corrected chi connectivity index (χ2v) is 8.20. The van der Waals surface area contributed by atoms with Crippen LogP contribution in [0.2, 0.25) is 0 Å². The van der Waals surface area contributed by atoms with Gasteiger partial charge in [-0.3, -0.25) is 9.59 Å². The summed E-state index contributed by atoms with van der Waals surface area (Å²) in [5.74, 6) is 0.508. The van der Waals surface area contributed by atoms with E-state index in [9.17, 15) is 9.59 Å². The molecule has 1 fully saturated rings. The minimum absolute atomic E-state index is 0.0414. The number of carbonyl (C=O) groups is 2. The zero-order valence-electron chi connectivity index (χ0n) is 16.0. The molecular weight excluding hydrogens is 312 g/mol. The first-order valence-electron chi connectivity index (χ1n) is 9.53. The number of hydrogen-bond donors (Lipinski definition) is 2. The van der Waals surface area contributed by atoms with Crippen LogP contribution in [-0.2, 0) is 4.79 Å². The number of anilines is 1. The van der Waals surface area contributed by atoms with Gasteiger partial charge in [-0.1, -0.05) is 53.0 Å². The van der Waals surface area contributed by atoms with Crippen LogP contribution < -0.4 is 10.6 Å². The molecular formula is C21H32N2O2. The van der Waals surface area contributed by atoms with Crippen molar-refractivity contribution in [3.63, 3.8) is 0 Å². The molecule has 1 aromatic carbocycles. The Balaban J connectivity index is 2.00. The smallest absolute Gasteiger partial charge is 0.251 e. The number of amides is 2. The second kappa shape index (κ2) is 8.50. The van der Waals surface area contributed by atoms with E-state index in [1.54, 1.807) is 12.1 Å². The Morgan fingerprint density at radius 2 is 1.96 bits per heavy atom. The number of unbranched alkanes of at least 4 members (excludes halogenated alkanes) is 1. The number of nitrogens with one attached hydrogen (secondary N) is 2. The van der Waals surface area contributed by atoms with Gasteiger partial charge < -0.3 is 10.6 Å². The molecule has 138 valence electrons. The van der Waals surface area contributed by atoms with Crippen molar-refractivity contribution >= 4 is 17.5 Å². The van der Waals surface area contributed by atoms with Crippen LogP contribution >= 0.6 is 0 Å². The van der Waals surface area contributed by atoms with Gasteiger partial charge in [-0.15, -0.1) is 0 Å². The minimum Gasteiger partial charge on any atom is -0.349 e. The number of rotatable bonds is 6. The van der Waals surface area contributed by atoms with Crippen molar-refractivity contribution in [3.05, 3.63) is 29.8 Å². The molecule has 2 amide bonds. The molecule has 2 atom stereocenters. The molecule has 0 spiro atoms. The molecule has 2 rings (SSSR count). The van der Waals surface area contributed by atoms with E-state index in [4.69, 9.17) is 0 Å². The SMILES string of the molecule is CCCCC1CCCC1NC(=O)c1cccc(NC(=O)C(C)(C)C)c1. The monoisotopic (exact) mass is 344 g/mol. The van der Waals surface area contributed by atoms with E-state index >= 15 is 0 Å². The molecule has 2 unspecified atom stereocenters. The summed E-state index contributed by atoms with van der Waals surface area (Å²) in [6.45, 7) is 7.82. The maximum absolute atomic E-state index is 12.6. The summed E-state index contributed by atoms with van der Waals surface area (Å²) in [6.07, 6.45) is 7.11. The molecule has 4 nitrogen and oxygen atoms in total. The number of hydrogen-bond acceptors (Lipinski definition) is 2. The standard InChI is InChI=1S/C21H32N2O2/c1-5-6-9-15-10-8-13-18(15)23-19(24)16-11-7-12-17(14-16)22-20(25)21(2,3)4/h7,11-12,14-15,18H,5-6,8-10,13H2,1-4H3,(H,22,25)(H,23,24). The molecule has 1 saturated carbocycles. The van der Waals surface area contributed by atoms with E-state index in [-0.39, 0.29) is 17.9 Å². The Labute approximate surface area is 151 Å². The van der Waals surface area contributed by atoms with Gasteiger partial charge in [-0.2, -0.15) is 0 Å². The van der Waals surface area contributed by atoms with Crippen LogP contribution in [0.15, 0.2) is 24.3 Å². The molecule has 0 aromatic heterocycles. The lowest BCUT2D eigenvalue weighted by Gasteiger charge is -2.21. The molecule has 1 aromatic rings. The molecule has 0 saturated heterocycles.